The zero-order valence-corrected chi connectivity index (χ0v) is 17.0. The molecule has 1 fully saturated rings. The van der Waals surface area contributed by atoms with E-state index in [4.69, 9.17) is 4.74 Å². The number of carbonyl (C=O) groups excluding carboxylic acids is 2. The number of rotatable bonds is 5. The maximum absolute atomic E-state index is 13.4. The number of hydrogen-bond acceptors (Lipinski definition) is 6. The van der Waals surface area contributed by atoms with Crippen LogP contribution in [-0.4, -0.2) is 63.8 Å². The SMILES string of the molecule is CC(C)OC(=O)/C=C\n1cnc(-c2cc(C(=O)N3CCNCC3)cc(C(F)(F)F)c2)n1. The lowest BCUT2D eigenvalue weighted by Gasteiger charge is -2.27. The van der Waals surface area contributed by atoms with Crippen LogP contribution in [0.25, 0.3) is 17.6 Å². The van der Waals surface area contributed by atoms with Gasteiger partial charge in [-0.15, -0.1) is 5.10 Å². The molecular weight excluding hydrogens is 415 g/mol. The molecule has 1 N–H and O–H groups in total. The van der Waals surface area contributed by atoms with Gasteiger partial charge in [-0.05, 0) is 32.0 Å². The highest BCUT2D eigenvalue weighted by Gasteiger charge is 2.33. The van der Waals surface area contributed by atoms with Crippen LogP contribution in [0.5, 0.6) is 0 Å². The molecule has 1 saturated heterocycles. The third kappa shape index (κ3) is 5.91. The molecule has 11 heteroatoms. The summed E-state index contributed by atoms with van der Waals surface area (Å²) in [4.78, 5) is 29.9. The molecule has 1 aliphatic rings. The zero-order chi connectivity index (χ0) is 22.6. The minimum Gasteiger partial charge on any atom is -0.460 e. The number of nitrogens with zero attached hydrogens (tertiary/aromatic N) is 4. The van der Waals surface area contributed by atoms with E-state index in [2.05, 4.69) is 15.4 Å². The molecule has 0 radical (unpaired) electrons. The fourth-order valence-electron chi connectivity index (χ4n) is 2.98. The van der Waals surface area contributed by atoms with E-state index in [0.717, 1.165) is 18.2 Å². The molecule has 31 heavy (non-hydrogen) atoms. The van der Waals surface area contributed by atoms with E-state index in [1.165, 1.54) is 28.2 Å². The van der Waals surface area contributed by atoms with Gasteiger partial charge in [0, 0.05) is 49.6 Å². The fraction of sp³-hybridized carbons (Fsp3) is 0.400. The Morgan fingerprint density at radius 2 is 1.90 bits per heavy atom. The van der Waals surface area contributed by atoms with Gasteiger partial charge in [-0.1, -0.05) is 0 Å². The first-order valence-corrected chi connectivity index (χ1v) is 9.66. The summed E-state index contributed by atoms with van der Waals surface area (Å²) in [6.07, 6.45) is -1.28. The predicted molar refractivity (Wildman–Crippen MR) is 106 cm³/mol. The van der Waals surface area contributed by atoms with Gasteiger partial charge >= 0.3 is 12.1 Å². The van der Waals surface area contributed by atoms with Crippen molar-refractivity contribution < 1.29 is 27.5 Å². The van der Waals surface area contributed by atoms with Gasteiger partial charge in [0.05, 0.1) is 11.7 Å². The Morgan fingerprint density at radius 1 is 1.19 bits per heavy atom. The number of ether oxygens (including phenoxy) is 1. The summed E-state index contributed by atoms with van der Waals surface area (Å²) >= 11 is 0. The van der Waals surface area contributed by atoms with Gasteiger partial charge in [0.15, 0.2) is 5.82 Å². The highest BCUT2D eigenvalue weighted by atomic mass is 19.4. The Balaban J connectivity index is 1.90. The third-order valence-corrected chi connectivity index (χ3v) is 4.39. The molecule has 0 unspecified atom stereocenters. The van der Waals surface area contributed by atoms with Crippen molar-refractivity contribution in [2.45, 2.75) is 26.1 Å². The van der Waals surface area contributed by atoms with Crippen molar-refractivity contribution in [3.63, 3.8) is 0 Å². The van der Waals surface area contributed by atoms with Gasteiger partial charge in [-0.3, -0.25) is 4.79 Å². The average Bonchev–Trinajstić information content (AvgIpc) is 3.20. The molecule has 2 aromatic rings. The van der Waals surface area contributed by atoms with Crippen molar-refractivity contribution in [1.29, 1.82) is 0 Å². The average molecular weight is 437 g/mol. The molecule has 0 spiro atoms. The number of piperazine rings is 1. The predicted octanol–water partition coefficient (Wildman–Crippen LogP) is 2.43. The second kappa shape index (κ2) is 9.29. The Kier molecular flexibility index (Phi) is 6.74. The minimum absolute atomic E-state index is 0.0117. The molecule has 1 amide bonds. The van der Waals surface area contributed by atoms with Crippen molar-refractivity contribution in [2.75, 3.05) is 26.2 Å². The standard InChI is InChI=1S/C20H22F3N5O3/c1-13(2)31-17(29)3-6-28-12-25-18(26-28)14-9-15(11-16(10-14)20(21,22)23)19(30)27-7-4-24-5-8-27/h3,6,9-13,24H,4-5,7-8H2,1-2H3/b6-3-. The Morgan fingerprint density at radius 3 is 2.55 bits per heavy atom. The summed E-state index contributed by atoms with van der Waals surface area (Å²) in [6.45, 7) is 5.38. The van der Waals surface area contributed by atoms with E-state index in [1.54, 1.807) is 13.8 Å². The summed E-state index contributed by atoms with van der Waals surface area (Å²) in [5.41, 5.74) is -1.000. The van der Waals surface area contributed by atoms with Gasteiger partial charge < -0.3 is 15.0 Å². The minimum atomic E-state index is -4.64. The normalized spacial score (nSPS) is 15.0. The van der Waals surface area contributed by atoms with Crippen LogP contribution < -0.4 is 5.32 Å². The molecule has 166 valence electrons. The monoisotopic (exact) mass is 437 g/mol. The van der Waals surface area contributed by atoms with Crippen LogP contribution in [0, 0.1) is 0 Å². The maximum atomic E-state index is 13.4. The van der Waals surface area contributed by atoms with Gasteiger partial charge in [0.2, 0.25) is 0 Å². The van der Waals surface area contributed by atoms with E-state index in [0.29, 0.717) is 26.2 Å². The zero-order valence-electron chi connectivity index (χ0n) is 17.0. The lowest BCUT2D eigenvalue weighted by Crippen LogP contribution is -2.46. The van der Waals surface area contributed by atoms with Crippen LogP contribution in [0.3, 0.4) is 0 Å². The lowest BCUT2D eigenvalue weighted by atomic mass is 10.0. The number of alkyl halides is 3. The molecule has 0 atom stereocenters. The Labute approximate surface area is 176 Å². The second-order valence-corrected chi connectivity index (χ2v) is 7.19. The maximum Gasteiger partial charge on any atom is 0.416 e. The van der Waals surface area contributed by atoms with Crippen LogP contribution in [0.2, 0.25) is 0 Å². The molecule has 2 heterocycles. The highest BCUT2D eigenvalue weighted by molar-refractivity contribution is 5.95. The van der Waals surface area contributed by atoms with E-state index in [1.807, 2.05) is 0 Å². The van der Waals surface area contributed by atoms with E-state index < -0.39 is 23.6 Å². The second-order valence-electron chi connectivity index (χ2n) is 7.19. The summed E-state index contributed by atoms with van der Waals surface area (Å²) in [5.74, 6) is -1.08. The first-order valence-electron chi connectivity index (χ1n) is 9.66. The Bertz CT molecular complexity index is 979. The lowest BCUT2D eigenvalue weighted by molar-refractivity contribution is -0.141. The molecule has 8 nitrogen and oxygen atoms in total. The van der Waals surface area contributed by atoms with Crippen molar-refractivity contribution in [3.8, 4) is 11.4 Å². The number of carbonyl (C=O) groups is 2. The van der Waals surface area contributed by atoms with Crippen LogP contribution in [0.1, 0.15) is 29.8 Å². The smallest absolute Gasteiger partial charge is 0.416 e. The number of hydrogen-bond donors (Lipinski definition) is 1. The highest BCUT2D eigenvalue weighted by Crippen LogP contribution is 2.33. The van der Waals surface area contributed by atoms with Crippen LogP contribution in [0.4, 0.5) is 13.2 Å². The first-order chi connectivity index (χ1) is 14.6. The molecule has 0 aliphatic carbocycles. The summed E-state index contributed by atoms with van der Waals surface area (Å²) in [5, 5.41) is 7.17. The van der Waals surface area contributed by atoms with Gasteiger partial charge in [-0.2, -0.15) is 13.2 Å². The van der Waals surface area contributed by atoms with E-state index in [9.17, 15) is 22.8 Å². The van der Waals surface area contributed by atoms with E-state index in [-0.39, 0.29) is 23.1 Å². The largest absolute Gasteiger partial charge is 0.460 e. The topological polar surface area (TPSA) is 89.4 Å². The fourth-order valence-corrected chi connectivity index (χ4v) is 2.98. The number of halogens is 3. The van der Waals surface area contributed by atoms with Crippen molar-refractivity contribution >= 4 is 18.1 Å². The number of esters is 1. The van der Waals surface area contributed by atoms with Gasteiger partial charge in [0.1, 0.15) is 6.33 Å². The molecule has 1 aromatic carbocycles. The molecule has 3 rings (SSSR count). The number of amides is 1. The van der Waals surface area contributed by atoms with Crippen LogP contribution in [0.15, 0.2) is 30.6 Å². The summed E-state index contributed by atoms with van der Waals surface area (Å²) in [6, 6.07) is 3.08. The molecular formula is C20H22F3N5O3. The van der Waals surface area contributed by atoms with Crippen molar-refractivity contribution in [1.82, 2.24) is 25.0 Å². The van der Waals surface area contributed by atoms with Gasteiger partial charge in [0.25, 0.3) is 5.91 Å². The van der Waals surface area contributed by atoms with Crippen molar-refractivity contribution in [2.24, 2.45) is 0 Å². The molecule has 0 saturated carbocycles. The third-order valence-electron chi connectivity index (χ3n) is 4.39. The number of nitrogens with one attached hydrogen (secondary N) is 1. The molecule has 0 bridgehead atoms. The van der Waals surface area contributed by atoms with Crippen LogP contribution in [-0.2, 0) is 15.7 Å². The van der Waals surface area contributed by atoms with Crippen molar-refractivity contribution in [3.05, 3.63) is 41.7 Å². The quantitative estimate of drug-likeness (QED) is 0.571. The summed E-state index contributed by atoms with van der Waals surface area (Å²) < 4.78 is 46.5. The first kappa shape index (κ1) is 22.5. The van der Waals surface area contributed by atoms with E-state index >= 15 is 0 Å². The summed E-state index contributed by atoms with van der Waals surface area (Å²) in [7, 11) is 0. The number of benzene rings is 1. The van der Waals surface area contributed by atoms with Gasteiger partial charge in [-0.25, -0.2) is 14.5 Å². The molecule has 1 aromatic heterocycles. The number of aromatic nitrogens is 3. The van der Waals surface area contributed by atoms with Crippen LogP contribution >= 0.6 is 0 Å². The Hall–Kier alpha value is -3.21. The molecule has 1 aliphatic heterocycles.